The minimum absolute atomic E-state index is 0.170. The third-order valence-corrected chi connectivity index (χ3v) is 4.29. The molecule has 3 rings (SSSR count). The molecule has 0 atom stereocenters. The van der Waals surface area contributed by atoms with Gasteiger partial charge in [0.15, 0.2) is 6.29 Å². The molecule has 0 unspecified atom stereocenters. The van der Waals surface area contributed by atoms with Gasteiger partial charge in [-0.2, -0.15) is 5.10 Å². The molecule has 1 saturated carbocycles. The monoisotopic (exact) mass is 285 g/mol. The van der Waals surface area contributed by atoms with E-state index in [1.807, 2.05) is 0 Å². The minimum atomic E-state index is -0.223. The summed E-state index contributed by atoms with van der Waals surface area (Å²) in [5.41, 5.74) is 1.56. The van der Waals surface area contributed by atoms with Crippen molar-refractivity contribution in [3.05, 3.63) is 53.4 Å². The molecule has 2 aromatic heterocycles. The van der Waals surface area contributed by atoms with Crippen LogP contribution in [0.15, 0.2) is 30.5 Å². The van der Waals surface area contributed by atoms with Gasteiger partial charge in [0.2, 0.25) is 0 Å². The first kappa shape index (κ1) is 13.8. The van der Waals surface area contributed by atoms with Crippen LogP contribution < -0.4 is 0 Å². The second kappa shape index (κ2) is 5.68. The van der Waals surface area contributed by atoms with Gasteiger partial charge in [-0.1, -0.05) is 6.42 Å². The van der Waals surface area contributed by atoms with Crippen molar-refractivity contribution >= 4 is 6.29 Å². The predicted octanol–water partition coefficient (Wildman–Crippen LogP) is 2.88. The molecule has 2 aromatic rings. The summed E-state index contributed by atoms with van der Waals surface area (Å²) in [6.07, 6.45) is 6.86. The molecule has 4 nitrogen and oxygen atoms in total. The highest BCUT2D eigenvalue weighted by atomic mass is 19.1. The zero-order chi connectivity index (χ0) is 14.7. The summed E-state index contributed by atoms with van der Waals surface area (Å²) in [7, 11) is 0. The molecule has 0 radical (unpaired) electrons. The Bertz CT molecular complexity index is 638. The number of pyridine rings is 1. The van der Waals surface area contributed by atoms with Gasteiger partial charge in [-0.25, -0.2) is 4.39 Å². The van der Waals surface area contributed by atoms with Gasteiger partial charge in [-0.3, -0.25) is 9.78 Å². The molecule has 0 saturated heterocycles. The summed E-state index contributed by atoms with van der Waals surface area (Å²) in [4.78, 5) is 14.8. The average molecular weight is 285 g/mol. The number of carbonyl (C=O) groups is 1. The van der Waals surface area contributed by atoms with Crippen molar-refractivity contribution in [3.8, 4) is 0 Å². The van der Waals surface area contributed by atoms with Crippen molar-refractivity contribution in [2.24, 2.45) is 0 Å². The number of halogens is 1. The van der Waals surface area contributed by atoms with Gasteiger partial charge in [0.05, 0.1) is 11.4 Å². The van der Waals surface area contributed by atoms with Gasteiger partial charge in [0.1, 0.15) is 11.5 Å². The van der Waals surface area contributed by atoms with E-state index in [1.54, 1.807) is 24.4 Å². The van der Waals surface area contributed by atoms with Gasteiger partial charge in [0, 0.05) is 11.6 Å². The van der Waals surface area contributed by atoms with Crippen molar-refractivity contribution in [3.63, 3.8) is 0 Å². The maximum Gasteiger partial charge on any atom is 0.170 e. The van der Waals surface area contributed by atoms with Crippen LogP contribution in [0.2, 0.25) is 0 Å². The van der Waals surface area contributed by atoms with E-state index < -0.39 is 0 Å². The van der Waals surface area contributed by atoms with E-state index >= 15 is 0 Å². The van der Waals surface area contributed by atoms with Crippen LogP contribution in [-0.2, 0) is 11.8 Å². The Balaban J connectivity index is 1.75. The quantitative estimate of drug-likeness (QED) is 0.793. The molecule has 2 heterocycles. The van der Waals surface area contributed by atoms with E-state index in [1.165, 1.54) is 6.07 Å². The summed E-state index contributed by atoms with van der Waals surface area (Å²) < 4.78 is 14.0. The van der Waals surface area contributed by atoms with Crippen LogP contribution in [0.25, 0.3) is 0 Å². The second-order valence-electron chi connectivity index (χ2n) is 5.54. The molecule has 0 aromatic carbocycles. The third kappa shape index (κ3) is 2.68. The van der Waals surface area contributed by atoms with E-state index in [0.29, 0.717) is 24.1 Å². The van der Waals surface area contributed by atoms with Crippen molar-refractivity contribution in [2.45, 2.75) is 37.5 Å². The van der Waals surface area contributed by atoms with Crippen LogP contribution in [0, 0.1) is 5.82 Å². The van der Waals surface area contributed by atoms with Gasteiger partial charge in [-0.15, -0.1) is 5.10 Å². The SMILES string of the molecule is O=Cc1ccc(CCC2(c3ncccc3F)CCC2)nn1. The van der Waals surface area contributed by atoms with E-state index in [0.717, 1.165) is 31.4 Å². The summed E-state index contributed by atoms with van der Waals surface area (Å²) in [5.74, 6) is -0.223. The highest BCUT2D eigenvalue weighted by molar-refractivity contribution is 5.71. The van der Waals surface area contributed by atoms with E-state index in [-0.39, 0.29) is 11.2 Å². The highest BCUT2D eigenvalue weighted by Gasteiger charge is 2.41. The Hall–Kier alpha value is -2.17. The first-order valence-electron chi connectivity index (χ1n) is 7.12. The van der Waals surface area contributed by atoms with Crippen LogP contribution in [0.5, 0.6) is 0 Å². The van der Waals surface area contributed by atoms with Gasteiger partial charge >= 0.3 is 0 Å². The van der Waals surface area contributed by atoms with Gasteiger partial charge in [-0.05, 0) is 49.9 Å². The number of nitrogens with zero attached hydrogens (tertiary/aromatic N) is 3. The second-order valence-corrected chi connectivity index (χ2v) is 5.54. The lowest BCUT2D eigenvalue weighted by Crippen LogP contribution is -2.36. The molecule has 0 N–H and O–H groups in total. The maximum atomic E-state index is 14.0. The van der Waals surface area contributed by atoms with Crippen LogP contribution >= 0.6 is 0 Å². The Kier molecular flexibility index (Phi) is 3.73. The molecule has 1 aliphatic carbocycles. The smallest absolute Gasteiger partial charge is 0.170 e. The number of rotatable bonds is 5. The van der Waals surface area contributed by atoms with Crippen molar-refractivity contribution < 1.29 is 9.18 Å². The first-order chi connectivity index (χ1) is 10.2. The zero-order valence-corrected chi connectivity index (χ0v) is 11.6. The largest absolute Gasteiger partial charge is 0.296 e. The van der Waals surface area contributed by atoms with E-state index in [9.17, 15) is 9.18 Å². The molecule has 0 bridgehead atoms. The number of aryl methyl sites for hydroxylation is 1. The summed E-state index contributed by atoms with van der Waals surface area (Å²) in [6, 6.07) is 6.55. The van der Waals surface area contributed by atoms with Crippen LogP contribution in [-0.4, -0.2) is 21.5 Å². The number of hydrogen-bond acceptors (Lipinski definition) is 4. The average Bonchev–Trinajstić information content (AvgIpc) is 2.48. The molecule has 0 spiro atoms. The van der Waals surface area contributed by atoms with Gasteiger partial charge in [0.25, 0.3) is 0 Å². The number of carbonyl (C=O) groups excluding carboxylic acids is 1. The van der Waals surface area contributed by atoms with Crippen LogP contribution in [0.1, 0.15) is 47.6 Å². The third-order valence-electron chi connectivity index (χ3n) is 4.29. The fraction of sp³-hybridized carbons (Fsp3) is 0.375. The summed E-state index contributed by atoms with van der Waals surface area (Å²) in [5, 5.41) is 7.86. The molecule has 0 amide bonds. The molecular formula is C16H16FN3O. The summed E-state index contributed by atoms with van der Waals surface area (Å²) in [6.45, 7) is 0. The van der Waals surface area contributed by atoms with Crippen LogP contribution in [0.3, 0.4) is 0 Å². The predicted molar refractivity (Wildman–Crippen MR) is 75.5 cm³/mol. The number of aldehydes is 1. The Morgan fingerprint density at radius 2 is 2.10 bits per heavy atom. The lowest BCUT2D eigenvalue weighted by atomic mass is 9.63. The molecule has 108 valence electrons. The normalized spacial score (nSPS) is 16.2. The molecule has 1 aliphatic rings. The standard InChI is InChI=1S/C16H16FN3O/c17-14-3-1-10-18-15(14)16(7-2-8-16)9-6-12-4-5-13(11-21)20-19-12/h1,3-5,10-11H,2,6-9H2. The number of aromatic nitrogens is 3. The molecule has 21 heavy (non-hydrogen) atoms. The molecule has 5 heteroatoms. The Labute approximate surface area is 122 Å². The molecular weight excluding hydrogens is 269 g/mol. The highest BCUT2D eigenvalue weighted by Crippen LogP contribution is 2.46. The first-order valence-corrected chi connectivity index (χ1v) is 7.12. The topological polar surface area (TPSA) is 55.7 Å². The van der Waals surface area contributed by atoms with Crippen molar-refractivity contribution in [1.29, 1.82) is 0 Å². The van der Waals surface area contributed by atoms with Crippen molar-refractivity contribution in [1.82, 2.24) is 15.2 Å². The minimum Gasteiger partial charge on any atom is -0.296 e. The van der Waals surface area contributed by atoms with E-state index in [2.05, 4.69) is 15.2 Å². The zero-order valence-electron chi connectivity index (χ0n) is 11.6. The van der Waals surface area contributed by atoms with Crippen LogP contribution in [0.4, 0.5) is 4.39 Å². The van der Waals surface area contributed by atoms with Crippen molar-refractivity contribution in [2.75, 3.05) is 0 Å². The summed E-state index contributed by atoms with van der Waals surface area (Å²) >= 11 is 0. The molecule has 0 aliphatic heterocycles. The maximum absolute atomic E-state index is 14.0. The fourth-order valence-corrected chi connectivity index (χ4v) is 2.92. The van der Waals surface area contributed by atoms with Gasteiger partial charge < -0.3 is 0 Å². The number of hydrogen-bond donors (Lipinski definition) is 0. The Morgan fingerprint density at radius 3 is 2.67 bits per heavy atom. The van der Waals surface area contributed by atoms with E-state index in [4.69, 9.17) is 0 Å². The lowest BCUT2D eigenvalue weighted by molar-refractivity contribution is 0.111. The Morgan fingerprint density at radius 1 is 1.24 bits per heavy atom. The lowest BCUT2D eigenvalue weighted by Gasteiger charge is -2.41. The fourth-order valence-electron chi connectivity index (χ4n) is 2.92. The molecule has 1 fully saturated rings.